The van der Waals surface area contributed by atoms with Crippen molar-refractivity contribution in [1.82, 2.24) is 29.8 Å². The van der Waals surface area contributed by atoms with Crippen molar-refractivity contribution < 1.29 is 9.53 Å². The van der Waals surface area contributed by atoms with Crippen molar-refractivity contribution in [2.24, 2.45) is 0 Å². The zero-order valence-electron chi connectivity index (χ0n) is 20.7. The molecule has 1 aromatic carbocycles. The fourth-order valence-corrected chi connectivity index (χ4v) is 4.75. The van der Waals surface area contributed by atoms with Gasteiger partial charge in [0.05, 0.1) is 34.5 Å². The second-order valence-electron chi connectivity index (χ2n) is 9.46. The summed E-state index contributed by atoms with van der Waals surface area (Å²) < 4.78 is 5.69. The third kappa shape index (κ3) is 4.71. The van der Waals surface area contributed by atoms with Crippen molar-refractivity contribution in [3.05, 3.63) is 84.7 Å². The molecule has 1 atom stereocenters. The molecule has 1 aliphatic heterocycles. The van der Waals surface area contributed by atoms with Gasteiger partial charge in [-0.3, -0.25) is 15.0 Å². The van der Waals surface area contributed by atoms with Crippen LogP contribution in [0.15, 0.2) is 73.4 Å². The number of nitrogens with one attached hydrogen (secondary N) is 1. The van der Waals surface area contributed by atoms with E-state index in [1.807, 2.05) is 50.4 Å². The molecule has 6 rings (SSSR count). The Hall–Kier alpha value is -4.43. The largest absolute Gasteiger partial charge is 0.457 e. The average molecular weight is 491 g/mol. The number of nitrogens with zero attached hydrogens (tertiary/aromatic N) is 5. The van der Waals surface area contributed by atoms with Gasteiger partial charge in [0.2, 0.25) is 0 Å². The number of ether oxygens (including phenoxy) is 1. The first-order chi connectivity index (χ1) is 18.0. The number of rotatable bonds is 5. The fourth-order valence-electron chi connectivity index (χ4n) is 4.75. The number of pyridine rings is 3. The summed E-state index contributed by atoms with van der Waals surface area (Å²) in [6, 6.07) is 15.9. The van der Waals surface area contributed by atoms with E-state index >= 15 is 0 Å². The first-order valence-electron chi connectivity index (χ1n) is 12.3. The van der Waals surface area contributed by atoms with Gasteiger partial charge in [-0.2, -0.15) is 0 Å². The Bertz CT molecular complexity index is 1610. The number of hydrogen-bond acceptors (Lipinski definition) is 7. The molecule has 4 aromatic heterocycles. The van der Waals surface area contributed by atoms with Crippen LogP contribution in [0.3, 0.4) is 0 Å². The number of fused-ring (bicyclic) bond motifs is 1. The molecule has 1 fully saturated rings. The predicted molar refractivity (Wildman–Crippen MR) is 142 cm³/mol. The third-order valence-electron chi connectivity index (χ3n) is 6.67. The molecular formula is C29H26N6O2. The van der Waals surface area contributed by atoms with Crippen molar-refractivity contribution in [2.75, 3.05) is 20.1 Å². The van der Waals surface area contributed by atoms with E-state index < -0.39 is 0 Å². The third-order valence-corrected chi connectivity index (χ3v) is 6.67. The molecule has 0 aliphatic carbocycles. The molecule has 0 spiro atoms. The lowest BCUT2D eigenvalue weighted by Crippen LogP contribution is -2.22. The second kappa shape index (κ2) is 9.55. The monoisotopic (exact) mass is 490 g/mol. The lowest BCUT2D eigenvalue weighted by molar-refractivity contribution is 0.0326. The van der Waals surface area contributed by atoms with E-state index in [1.165, 1.54) is 0 Å². The smallest absolute Gasteiger partial charge is 0.340 e. The van der Waals surface area contributed by atoms with Crippen molar-refractivity contribution in [3.63, 3.8) is 0 Å². The minimum atomic E-state index is -0.346. The summed E-state index contributed by atoms with van der Waals surface area (Å²) in [6.07, 6.45) is 7.55. The number of benzene rings is 1. The zero-order chi connectivity index (χ0) is 25.4. The summed E-state index contributed by atoms with van der Waals surface area (Å²) in [5.74, 6) is -0.346. The molecule has 8 heteroatoms. The van der Waals surface area contributed by atoms with Crippen LogP contribution in [0.1, 0.15) is 22.5 Å². The van der Waals surface area contributed by atoms with Crippen LogP contribution in [0.2, 0.25) is 0 Å². The van der Waals surface area contributed by atoms with Crippen molar-refractivity contribution >= 4 is 16.9 Å². The topological polar surface area (TPSA) is 96.9 Å². The number of esters is 1. The number of imidazole rings is 1. The summed E-state index contributed by atoms with van der Waals surface area (Å²) in [5.41, 5.74) is 7.43. The number of likely N-dealkylation sites (tertiary alicyclic amines) is 1. The summed E-state index contributed by atoms with van der Waals surface area (Å²) >= 11 is 0. The highest BCUT2D eigenvalue weighted by molar-refractivity contribution is 5.92. The van der Waals surface area contributed by atoms with Gasteiger partial charge in [-0.05, 0) is 56.8 Å². The average Bonchev–Trinajstić information content (AvgIpc) is 3.57. The van der Waals surface area contributed by atoms with Gasteiger partial charge in [0, 0.05) is 59.5 Å². The van der Waals surface area contributed by atoms with Crippen molar-refractivity contribution in [3.8, 4) is 33.8 Å². The van der Waals surface area contributed by atoms with E-state index in [2.05, 4.69) is 42.0 Å². The normalized spacial score (nSPS) is 15.8. The van der Waals surface area contributed by atoms with E-state index in [9.17, 15) is 4.79 Å². The summed E-state index contributed by atoms with van der Waals surface area (Å²) in [7, 11) is 2.03. The van der Waals surface area contributed by atoms with E-state index in [-0.39, 0.29) is 12.1 Å². The quantitative estimate of drug-likeness (QED) is 0.349. The Kier molecular flexibility index (Phi) is 5.94. The van der Waals surface area contributed by atoms with E-state index in [4.69, 9.17) is 4.74 Å². The van der Waals surface area contributed by atoms with E-state index in [0.717, 1.165) is 69.9 Å². The molecule has 8 nitrogen and oxygen atoms in total. The lowest BCUT2D eigenvalue weighted by Gasteiger charge is -2.12. The summed E-state index contributed by atoms with van der Waals surface area (Å²) in [4.78, 5) is 36.3. The Balaban J connectivity index is 1.31. The number of H-pyrrole nitrogens is 1. The fraction of sp³-hybridized carbons (Fsp3) is 0.207. The predicted octanol–water partition coefficient (Wildman–Crippen LogP) is 4.92. The van der Waals surface area contributed by atoms with Gasteiger partial charge in [-0.1, -0.05) is 12.1 Å². The standard InChI is InChI=1S/C29H26N6O2/c1-18-4-3-5-26(34-18)28-27(32-17-33-28)19-6-7-25-20(10-19)11-22(15-31-25)21-12-23(14-30-13-21)29(36)37-24-8-9-35(2)16-24/h3-7,10-15,17,24H,8-9,16H2,1-2H3,(H,32,33)/t24-/m0/s1. The molecule has 0 saturated carbocycles. The van der Waals surface area contributed by atoms with Crippen LogP contribution in [0.25, 0.3) is 44.7 Å². The first kappa shape index (κ1) is 23.0. The number of hydrogen-bond donors (Lipinski definition) is 1. The van der Waals surface area contributed by atoms with Gasteiger partial charge in [0.1, 0.15) is 6.10 Å². The van der Waals surface area contributed by atoms with Crippen LogP contribution in [0.5, 0.6) is 0 Å². The number of aromatic nitrogens is 5. The number of carbonyl (C=O) groups excluding carboxylic acids is 1. The van der Waals surface area contributed by atoms with Gasteiger partial charge < -0.3 is 14.6 Å². The van der Waals surface area contributed by atoms with Gasteiger partial charge in [-0.15, -0.1) is 0 Å². The van der Waals surface area contributed by atoms with E-state index in [0.29, 0.717) is 5.56 Å². The molecular weight excluding hydrogens is 464 g/mol. The van der Waals surface area contributed by atoms with Gasteiger partial charge in [-0.25, -0.2) is 9.78 Å². The lowest BCUT2D eigenvalue weighted by atomic mass is 10.0. The molecule has 0 radical (unpaired) electrons. The second-order valence-corrected chi connectivity index (χ2v) is 9.46. The summed E-state index contributed by atoms with van der Waals surface area (Å²) in [5, 5.41) is 0.961. The maximum Gasteiger partial charge on any atom is 0.340 e. The van der Waals surface area contributed by atoms with Crippen LogP contribution in [-0.4, -0.2) is 62.0 Å². The maximum absolute atomic E-state index is 12.7. The molecule has 5 heterocycles. The number of likely N-dealkylation sites (N-methyl/N-ethyl adjacent to an activating group) is 1. The molecule has 0 unspecified atom stereocenters. The van der Waals surface area contributed by atoms with Gasteiger partial charge in [0.15, 0.2) is 0 Å². The Morgan fingerprint density at radius 1 is 1.03 bits per heavy atom. The van der Waals surface area contributed by atoms with Crippen LogP contribution in [-0.2, 0) is 4.74 Å². The maximum atomic E-state index is 12.7. The molecule has 1 aliphatic rings. The number of carbonyl (C=O) groups is 1. The number of aryl methyl sites for hydroxylation is 1. The van der Waals surface area contributed by atoms with Gasteiger partial charge >= 0.3 is 5.97 Å². The van der Waals surface area contributed by atoms with Crippen molar-refractivity contribution in [1.29, 1.82) is 0 Å². The Morgan fingerprint density at radius 3 is 2.73 bits per heavy atom. The SMILES string of the molecule is Cc1cccc(-c2[nH]cnc2-c2ccc3ncc(-c4cncc(C(=O)O[C@H]5CCN(C)C5)c4)cc3c2)n1. The molecule has 0 amide bonds. The minimum absolute atomic E-state index is 0.0798. The molecule has 184 valence electrons. The Labute approximate surface area is 214 Å². The Morgan fingerprint density at radius 2 is 1.89 bits per heavy atom. The van der Waals surface area contributed by atoms with Crippen LogP contribution < -0.4 is 0 Å². The molecule has 1 saturated heterocycles. The van der Waals surface area contributed by atoms with Gasteiger partial charge in [0.25, 0.3) is 0 Å². The first-order valence-corrected chi connectivity index (χ1v) is 12.3. The van der Waals surface area contributed by atoms with Crippen LogP contribution >= 0.6 is 0 Å². The van der Waals surface area contributed by atoms with E-state index in [1.54, 1.807) is 24.9 Å². The molecule has 37 heavy (non-hydrogen) atoms. The molecule has 1 N–H and O–H groups in total. The highest BCUT2D eigenvalue weighted by Crippen LogP contribution is 2.31. The number of aromatic amines is 1. The highest BCUT2D eigenvalue weighted by atomic mass is 16.5. The minimum Gasteiger partial charge on any atom is -0.457 e. The zero-order valence-corrected chi connectivity index (χ0v) is 20.7. The highest BCUT2D eigenvalue weighted by Gasteiger charge is 2.24. The van der Waals surface area contributed by atoms with Crippen LogP contribution in [0, 0.1) is 6.92 Å². The molecule has 5 aromatic rings. The van der Waals surface area contributed by atoms with Crippen molar-refractivity contribution in [2.45, 2.75) is 19.4 Å². The summed E-state index contributed by atoms with van der Waals surface area (Å²) in [6.45, 7) is 3.66. The molecule has 0 bridgehead atoms. The van der Waals surface area contributed by atoms with Crippen LogP contribution in [0.4, 0.5) is 0 Å².